The monoisotopic (exact) mass is 420 g/mol. The minimum atomic E-state index is -0.114. The summed E-state index contributed by atoms with van der Waals surface area (Å²) in [5.41, 5.74) is 3.46. The van der Waals surface area contributed by atoms with Crippen LogP contribution < -0.4 is 5.32 Å². The zero-order valence-corrected chi connectivity index (χ0v) is 18.1. The lowest BCUT2D eigenvalue weighted by atomic mass is 9.83. The van der Waals surface area contributed by atoms with Gasteiger partial charge in [0.25, 0.3) is 5.91 Å². The molecular formula is C23H33ClN2O3. The van der Waals surface area contributed by atoms with Crippen molar-refractivity contribution in [2.45, 2.75) is 69.9 Å². The zero-order valence-electron chi connectivity index (χ0n) is 17.3. The number of amides is 1. The maximum absolute atomic E-state index is 13.1. The third-order valence-corrected chi connectivity index (χ3v) is 7.02. The number of methoxy groups -OCH3 is 1. The average Bonchev–Trinajstić information content (AvgIpc) is 3.09. The Balaban J connectivity index is 0.00000240. The fourth-order valence-corrected chi connectivity index (χ4v) is 5.21. The summed E-state index contributed by atoms with van der Waals surface area (Å²) in [6.45, 7) is 2.90. The van der Waals surface area contributed by atoms with Gasteiger partial charge in [0.15, 0.2) is 0 Å². The molecule has 1 aliphatic carbocycles. The molecule has 3 aliphatic rings. The van der Waals surface area contributed by atoms with Gasteiger partial charge in [0, 0.05) is 24.6 Å². The minimum Gasteiger partial charge on any atom is -0.469 e. The Morgan fingerprint density at radius 2 is 1.86 bits per heavy atom. The van der Waals surface area contributed by atoms with E-state index < -0.39 is 0 Å². The highest BCUT2D eigenvalue weighted by Gasteiger charge is 2.35. The first-order chi connectivity index (χ1) is 13.7. The third-order valence-electron chi connectivity index (χ3n) is 7.02. The molecular weight excluding hydrogens is 388 g/mol. The van der Waals surface area contributed by atoms with E-state index in [0.717, 1.165) is 70.1 Å². The maximum Gasteiger partial charge on any atom is 0.305 e. The summed E-state index contributed by atoms with van der Waals surface area (Å²) in [4.78, 5) is 26.6. The molecule has 2 fully saturated rings. The second-order valence-electron chi connectivity index (χ2n) is 8.66. The van der Waals surface area contributed by atoms with Gasteiger partial charge in [-0.05, 0) is 87.1 Å². The van der Waals surface area contributed by atoms with Crippen LogP contribution in [-0.2, 0) is 16.1 Å². The van der Waals surface area contributed by atoms with E-state index in [4.69, 9.17) is 4.74 Å². The molecule has 1 saturated heterocycles. The van der Waals surface area contributed by atoms with Crippen LogP contribution in [0.1, 0.15) is 78.8 Å². The predicted molar refractivity (Wildman–Crippen MR) is 115 cm³/mol. The van der Waals surface area contributed by atoms with Crippen LogP contribution in [0.3, 0.4) is 0 Å². The number of esters is 1. The highest BCUT2D eigenvalue weighted by Crippen LogP contribution is 2.36. The number of nitrogens with one attached hydrogen (secondary N) is 1. The number of carbonyl (C=O) groups is 2. The lowest BCUT2D eigenvalue weighted by molar-refractivity contribution is -0.141. The van der Waals surface area contributed by atoms with Gasteiger partial charge in [-0.25, -0.2) is 0 Å². The van der Waals surface area contributed by atoms with Gasteiger partial charge in [0.2, 0.25) is 0 Å². The second kappa shape index (κ2) is 9.94. The smallest absolute Gasteiger partial charge is 0.305 e. The highest BCUT2D eigenvalue weighted by atomic mass is 35.5. The Morgan fingerprint density at radius 1 is 1.14 bits per heavy atom. The van der Waals surface area contributed by atoms with Crippen molar-refractivity contribution in [2.24, 2.45) is 5.92 Å². The molecule has 0 unspecified atom stereocenters. The Bertz CT molecular complexity index is 725. The quantitative estimate of drug-likeness (QED) is 0.730. The van der Waals surface area contributed by atoms with E-state index in [0.29, 0.717) is 24.3 Å². The second-order valence-corrected chi connectivity index (χ2v) is 8.66. The fourth-order valence-electron chi connectivity index (χ4n) is 5.21. The molecule has 160 valence electrons. The van der Waals surface area contributed by atoms with Crippen LogP contribution >= 0.6 is 12.4 Å². The van der Waals surface area contributed by atoms with Crippen molar-refractivity contribution in [1.29, 1.82) is 0 Å². The highest BCUT2D eigenvalue weighted by molar-refractivity contribution is 5.98. The van der Waals surface area contributed by atoms with E-state index in [1.807, 2.05) is 0 Å². The summed E-state index contributed by atoms with van der Waals surface area (Å²) in [5, 5.41) is 3.42. The molecule has 4 rings (SSSR count). The van der Waals surface area contributed by atoms with Crippen molar-refractivity contribution in [1.82, 2.24) is 10.2 Å². The van der Waals surface area contributed by atoms with Crippen LogP contribution in [0.5, 0.6) is 0 Å². The molecule has 0 spiro atoms. The van der Waals surface area contributed by atoms with E-state index in [-0.39, 0.29) is 24.3 Å². The van der Waals surface area contributed by atoms with Crippen LogP contribution in [0, 0.1) is 5.92 Å². The topological polar surface area (TPSA) is 58.6 Å². The molecule has 1 aromatic carbocycles. The molecule has 1 aromatic rings. The lowest BCUT2D eigenvalue weighted by Gasteiger charge is -2.34. The average molecular weight is 421 g/mol. The molecule has 6 heteroatoms. The zero-order chi connectivity index (χ0) is 19.5. The van der Waals surface area contributed by atoms with E-state index in [9.17, 15) is 9.59 Å². The van der Waals surface area contributed by atoms with Crippen molar-refractivity contribution >= 4 is 24.3 Å². The summed E-state index contributed by atoms with van der Waals surface area (Å²) in [7, 11) is 1.45. The summed E-state index contributed by atoms with van der Waals surface area (Å²) in [5.74, 6) is 1.28. The molecule has 2 aliphatic heterocycles. The van der Waals surface area contributed by atoms with E-state index in [2.05, 4.69) is 28.4 Å². The Kier molecular flexibility index (Phi) is 7.58. The first kappa shape index (κ1) is 22.1. The van der Waals surface area contributed by atoms with E-state index in [1.165, 1.54) is 18.2 Å². The van der Waals surface area contributed by atoms with Crippen LogP contribution in [-0.4, -0.2) is 43.0 Å². The van der Waals surface area contributed by atoms with Gasteiger partial charge in [0.1, 0.15) is 0 Å². The van der Waals surface area contributed by atoms with Gasteiger partial charge in [-0.15, -0.1) is 12.4 Å². The van der Waals surface area contributed by atoms with Crippen molar-refractivity contribution in [3.8, 4) is 0 Å². The number of ether oxygens (including phenoxy) is 1. The number of hydrogen-bond donors (Lipinski definition) is 1. The number of benzene rings is 1. The van der Waals surface area contributed by atoms with Crippen molar-refractivity contribution in [2.75, 3.05) is 20.2 Å². The number of nitrogens with zero attached hydrogens (tertiary/aromatic N) is 1. The fraction of sp³-hybridized carbons (Fsp3) is 0.652. The summed E-state index contributed by atoms with van der Waals surface area (Å²) in [6, 6.07) is 6.95. The lowest BCUT2D eigenvalue weighted by Crippen LogP contribution is -2.38. The molecule has 5 nitrogen and oxygen atoms in total. The van der Waals surface area contributed by atoms with Crippen LogP contribution in [0.25, 0.3) is 0 Å². The minimum absolute atomic E-state index is 0. The molecule has 1 N–H and O–H groups in total. The first-order valence-corrected chi connectivity index (χ1v) is 10.9. The number of carbonyl (C=O) groups excluding carboxylic acids is 2. The van der Waals surface area contributed by atoms with Crippen LogP contribution in [0.4, 0.5) is 0 Å². The summed E-state index contributed by atoms with van der Waals surface area (Å²) >= 11 is 0. The molecule has 2 heterocycles. The van der Waals surface area contributed by atoms with Gasteiger partial charge in [-0.1, -0.05) is 12.1 Å². The van der Waals surface area contributed by atoms with Crippen molar-refractivity contribution in [3.63, 3.8) is 0 Å². The SMILES string of the molecule is COC(=O)CC[C@H]1CC[C@H](N2Cc3ccc(C4CCNCC4)cc3C2=O)CC1.Cl. The van der Waals surface area contributed by atoms with Crippen LogP contribution in [0.15, 0.2) is 18.2 Å². The molecule has 1 saturated carbocycles. The van der Waals surface area contributed by atoms with E-state index >= 15 is 0 Å². The number of rotatable bonds is 5. The predicted octanol–water partition coefficient (Wildman–Crippen LogP) is 4.04. The van der Waals surface area contributed by atoms with Crippen molar-refractivity contribution in [3.05, 3.63) is 34.9 Å². The number of hydrogen-bond acceptors (Lipinski definition) is 4. The third kappa shape index (κ3) is 4.95. The molecule has 0 radical (unpaired) electrons. The van der Waals surface area contributed by atoms with Gasteiger partial charge < -0.3 is 15.0 Å². The molecule has 0 aromatic heterocycles. The Labute approximate surface area is 180 Å². The maximum atomic E-state index is 13.1. The molecule has 29 heavy (non-hydrogen) atoms. The Morgan fingerprint density at radius 3 is 2.55 bits per heavy atom. The van der Waals surface area contributed by atoms with Gasteiger partial charge in [-0.3, -0.25) is 9.59 Å². The standard InChI is InChI=1S/C23H32N2O3.ClH/c1-28-22(26)9-4-16-2-7-20(8-3-16)25-15-19-6-5-18(14-21(19)23(25)27)17-10-12-24-13-11-17;/h5-6,14,16-17,20,24H,2-4,7-13,15H2,1H3;1H/t16-,20-;. The summed E-state index contributed by atoms with van der Waals surface area (Å²) in [6.07, 6.45) is 8.04. The normalized spacial score (nSPS) is 24.7. The first-order valence-electron chi connectivity index (χ1n) is 10.9. The van der Waals surface area contributed by atoms with Crippen molar-refractivity contribution < 1.29 is 14.3 Å². The number of halogens is 1. The summed E-state index contributed by atoms with van der Waals surface area (Å²) < 4.78 is 4.75. The van der Waals surface area contributed by atoms with Crippen LogP contribution in [0.2, 0.25) is 0 Å². The van der Waals surface area contributed by atoms with Gasteiger partial charge >= 0.3 is 5.97 Å². The number of fused-ring (bicyclic) bond motifs is 1. The Hall–Kier alpha value is -1.59. The van der Waals surface area contributed by atoms with Gasteiger partial charge in [-0.2, -0.15) is 0 Å². The molecule has 1 amide bonds. The molecule has 0 bridgehead atoms. The number of piperidine rings is 1. The van der Waals surface area contributed by atoms with Gasteiger partial charge in [0.05, 0.1) is 7.11 Å². The van der Waals surface area contributed by atoms with E-state index in [1.54, 1.807) is 0 Å². The molecule has 0 atom stereocenters. The largest absolute Gasteiger partial charge is 0.469 e.